The molecule has 0 spiro atoms. The molecule has 154 valence electrons. The molecule has 4 rings (SSSR count). The maximum atomic E-state index is 13.2. The van der Waals surface area contributed by atoms with Gasteiger partial charge in [0.1, 0.15) is 0 Å². The van der Waals surface area contributed by atoms with Gasteiger partial charge in [-0.15, -0.1) is 0 Å². The van der Waals surface area contributed by atoms with Crippen LogP contribution in [0.2, 0.25) is 0 Å². The van der Waals surface area contributed by atoms with Gasteiger partial charge < -0.3 is 0 Å². The highest BCUT2D eigenvalue weighted by Gasteiger charge is 2.22. The van der Waals surface area contributed by atoms with Crippen molar-refractivity contribution in [1.82, 2.24) is 19.3 Å². The van der Waals surface area contributed by atoms with Crippen molar-refractivity contribution in [3.8, 4) is 11.1 Å². The van der Waals surface area contributed by atoms with E-state index < -0.39 is 10.0 Å². The van der Waals surface area contributed by atoms with Crippen LogP contribution in [0, 0.1) is 20.8 Å². The van der Waals surface area contributed by atoms with Gasteiger partial charge in [0.25, 0.3) is 0 Å². The van der Waals surface area contributed by atoms with Crippen LogP contribution in [0.5, 0.6) is 0 Å². The molecule has 0 fully saturated rings. The molecule has 2 aromatic carbocycles. The number of sulfonamides is 1. The third-order valence-electron chi connectivity index (χ3n) is 5.20. The molecular weight excluding hydrogens is 396 g/mol. The zero-order valence-corrected chi connectivity index (χ0v) is 18.2. The topological polar surface area (TPSA) is 76.4 Å². The fourth-order valence-electron chi connectivity index (χ4n) is 3.64. The van der Waals surface area contributed by atoms with Crippen LogP contribution in [-0.4, -0.2) is 23.0 Å². The van der Waals surface area contributed by atoms with Gasteiger partial charge in [-0.05, 0) is 56.5 Å². The molecule has 0 aliphatic heterocycles. The summed E-state index contributed by atoms with van der Waals surface area (Å²) in [6, 6.07) is 16.6. The second-order valence-electron chi connectivity index (χ2n) is 7.57. The fraction of sp³-hybridized carbons (Fsp3) is 0.217. The number of aromatic nitrogens is 3. The average molecular weight is 421 g/mol. The van der Waals surface area contributed by atoms with Crippen molar-refractivity contribution in [1.29, 1.82) is 0 Å². The molecule has 0 radical (unpaired) electrons. The van der Waals surface area contributed by atoms with E-state index in [2.05, 4.69) is 14.8 Å². The maximum absolute atomic E-state index is 13.2. The van der Waals surface area contributed by atoms with Crippen molar-refractivity contribution in [2.45, 2.75) is 38.6 Å². The molecule has 0 saturated carbocycles. The minimum atomic E-state index is -3.72. The summed E-state index contributed by atoms with van der Waals surface area (Å²) >= 11 is 0. The molecule has 7 heteroatoms. The highest BCUT2D eigenvalue weighted by atomic mass is 32.2. The van der Waals surface area contributed by atoms with Crippen LogP contribution in [0.25, 0.3) is 16.8 Å². The first-order chi connectivity index (χ1) is 14.3. The summed E-state index contributed by atoms with van der Waals surface area (Å²) in [7, 11) is -3.72. The van der Waals surface area contributed by atoms with Gasteiger partial charge >= 0.3 is 0 Å². The van der Waals surface area contributed by atoms with Gasteiger partial charge in [-0.25, -0.2) is 22.6 Å². The first kappa shape index (κ1) is 20.3. The van der Waals surface area contributed by atoms with Crippen LogP contribution in [-0.2, 0) is 10.0 Å². The van der Waals surface area contributed by atoms with E-state index >= 15 is 0 Å². The number of hydrogen-bond acceptors (Lipinski definition) is 4. The largest absolute Gasteiger partial charge is 0.241 e. The highest BCUT2D eigenvalue weighted by Crippen LogP contribution is 2.29. The summed E-state index contributed by atoms with van der Waals surface area (Å²) in [5.41, 5.74) is 5.73. The number of nitrogens with one attached hydrogen (secondary N) is 1. The van der Waals surface area contributed by atoms with Crippen molar-refractivity contribution in [2.24, 2.45) is 0 Å². The fourth-order valence-corrected chi connectivity index (χ4v) is 5.14. The lowest BCUT2D eigenvalue weighted by atomic mass is 10.1. The Bertz CT molecular complexity index is 1330. The molecule has 2 heterocycles. The number of fused-ring (bicyclic) bond motifs is 1. The number of rotatable bonds is 5. The molecule has 0 saturated heterocycles. The minimum absolute atomic E-state index is 0.256. The average Bonchev–Trinajstić information content (AvgIpc) is 3.12. The summed E-state index contributed by atoms with van der Waals surface area (Å²) in [5, 5.41) is 4.43. The predicted octanol–water partition coefficient (Wildman–Crippen LogP) is 4.36. The van der Waals surface area contributed by atoms with E-state index in [0.29, 0.717) is 11.2 Å². The second-order valence-corrected chi connectivity index (χ2v) is 9.25. The monoisotopic (exact) mass is 420 g/mol. The van der Waals surface area contributed by atoms with E-state index in [-0.39, 0.29) is 10.9 Å². The van der Waals surface area contributed by atoms with Gasteiger partial charge in [0.15, 0.2) is 5.65 Å². The Balaban J connectivity index is 1.75. The van der Waals surface area contributed by atoms with E-state index in [9.17, 15) is 8.42 Å². The molecule has 0 amide bonds. The number of benzene rings is 2. The van der Waals surface area contributed by atoms with Crippen molar-refractivity contribution in [2.75, 3.05) is 0 Å². The van der Waals surface area contributed by atoms with Gasteiger partial charge in [0.05, 0.1) is 11.1 Å². The zero-order chi connectivity index (χ0) is 21.5. The second kappa shape index (κ2) is 7.66. The van der Waals surface area contributed by atoms with Gasteiger partial charge in [0.2, 0.25) is 10.0 Å². The van der Waals surface area contributed by atoms with Crippen LogP contribution >= 0.6 is 0 Å². The van der Waals surface area contributed by atoms with E-state index in [4.69, 9.17) is 0 Å². The lowest BCUT2D eigenvalue weighted by Crippen LogP contribution is -2.27. The summed E-state index contributed by atoms with van der Waals surface area (Å²) in [5.74, 6) is 0. The summed E-state index contributed by atoms with van der Waals surface area (Å²) < 4.78 is 30.9. The Kier molecular flexibility index (Phi) is 5.17. The van der Waals surface area contributed by atoms with E-state index in [0.717, 1.165) is 28.1 Å². The Morgan fingerprint density at radius 2 is 1.73 bits per heavy atom. The minimum Gasteiger partial charge on any atom is -0.233 e. The third kappa shape index (κ3) is 3.74. The molecular formula is C23H24N4O2S. The SMILES string of the molecule is Cc1cc(C)n2ncc(-c3ccc(C)c(S(=O)(=O)NC(C)c4ccccc4)c3)c2n1. The standard InChI is InChI=1S/C23H24N4O2S/c1-15-10-11-20(21-14-24-27-17(3)12-16(2)25-23(21)27)13-22(15)30(28,29)26-18(4)19-8-6-5-7-9-19/h5-14,18,26H,1-4H3. The van der Waals surface area contributed by atoms with Gasteiger partial charge in [-0.1, -0.05) is 42.5 Å². The maximum Gasteiger partial charge on any atom is 0.241 e. The Labute approximate surface area is 176 Å². The lowest BCUT2D eigenvalue weighted by molar-refractivity contribution is 0.566. The Morgan fingerprint density at radius 3 is 2.47 bits per heavy atom. The van der Waals surface area contributed by atoms with Crippen LogP contribution in [0.1, 0.15) is 35.5 Å². The Morgan fingerprint density at radius 1 is 1.00 bits per heavy atom. The first-order valence-electron chi connectivity index (χ1n) is 9.76. The molecule has 1 unspecified atom stereocenters. The molecule has 30 heavy (non-hydrogen) atoms. The number of nitrogens with zero attached hydrogens (tertiary/aromatic N) is 3. The Hall–Kier alpha value is -3.03. The molecule has 4 aromatic rings. The first-order valence-corrected chi connectivity index (χ1v) is 11.2. The van der Waals surface area contributed by atoms with Gasteiger partial charge in [-0.2, -0.15) is 5.10 Å². The molecule has 6 nitrogen and oxygen atoms in total. The van der Waals surface area contributed by atoms with Crippen LogP contribution in [0.4, 0.5) is 0 Å². The molecule has 0 aliphatic rings. The molecule has 0 bridgehead atoms. The summed E-state index contributed by atoms with van der Waals surface area (Å²) in [4.78, 5) is 4.87. The lowest BCUT2D eigenvalue weighted by Gasteiger charge is -2.16. The molecule has 1 atom stereocenters. The van der Waals surface area contributed by atoms with E-state index in [1.54, 1.807) is 23.7 Å². The number of aryl methyl sites for hydroxylation is 3. The van der Waals surface area contributed by atoms with Crippen LogP contribution in [0.15, 0.2) is 65.7 Å². The predicted molar refractivity (Wildman–Crippen MR) is 118 cm³/mol. The van der Waals surface area contributed by atoms with Crippen LogP contribution < -0.4 is 4.72 Å². The van der Waals surface area contributed by atoms with Gasteiger partial charge in [0, 0.05) is 23.0 Å². The van der Waals surface area contributed by atoms with E-state index in [1.165, 1.54) is 0 Å². The van der Waals surface area contributed by atoms with E-state index in [1.807, 2.05) is 69.3 Å². The van der Waals surface area contributed by atoms with Crippen molar-refractivity contribution in [3.63, 3.8) is 0 Å². The smallest absolute Gasteiger partial charge is 0.233 e. The van der Waals surface area contributed by atoms with Crippen molar-refractivity contribution >= 4 is 15.7 Å². The summed E-state index contributed by atoms with van der Waals surface area (Å²) in [6.45, 7) is 7.54. The summed E-state index contributed by atoms with van der Waals surface area (Å²) in [6.07, 6.45) is 1.73. The molecule has 0 aliphatic carbocycles. The van der Waals surface area contributed by atoms with Gasteiger partial charge in [-0.3, -0.25) is 0 Å². The van der Waals surface area contributed by atoms with Crippen molar-refractivity contribution < 1.29 is 8.42 Å². The van der Waals surface area contributed by atoms with Crippen molar-refractivity contribution in [3.05, 3.63) is 83.3 Å². The van der Waals surface area contributed by atoms with Crippen LogP contribution in [0.3, 0.4) is 0 Å². The molecule has 2 aromatic heterocycles. The normalized spacial score (nSPS) is 12.9. The number of hydrogen-bond donors (Lipinski definition) is 1. The highest BCUT2D eigenvalue weighted by molar-refractivity contribution is 7.89. The third-order valence-corrected chi connectivity index (χ3v) is 6.88. The molecule has 1 N–H and O–H groups in total. The quantitative estimate of drug-likeness (QED) is 0.520. The zero-order valence-electron chi connectivity index (χ0n) is 17.4.